The van der Waals surface area contributed by atoms with E-state index in [1.165, 1.54) is 4.90 Å². The first-order chi connectivity index (χ1) is 12.3. The van der Waals surface area contributed by atoms with Crippen molar-refractivity contribution < 1.29 is 9.59 Å². The Morgan fingerprint density at radius 1 is 0.640 bits per heavy atom. The van der Waals surface area contributed by atoms with Crippen LogP contribution in [0.25, 0.3) is 21.5 Å². The summed E-state index contributed by atoms with van der Waals surface area (Å²) in [5.74, 6) is -0.540. The van der Waals surface area contributed by atoms with E-state index in [1.807, 2.05) is 60.7 Å². The number of nitrogens with zero attached hydrogens (tertiary/aromatic N) is 1. The van der Waals surface area contributed by atoms with E-state index in [1.54, 1.807) is 18.2 Å². The van der Waals surface area contributed by atoms with Gasteiger partial charge in [-0.3, -0.25) is 9.59 Å². The molecule has 3 heteroatoms. The molecule has 25 heavy (non-hydrogen) atoms. The lowest BCUT2D eigenvalue weighted by atomic mass is 9.89. The zero-order valence-corrected chi connectivity index (χ0v) is 13.3. The smallest absolute Gasteiger partial charge is 0.266 e. The van der Waals surface area contributed by atoms with Crippen molar-refractivity contribution in [3.63, 3.8) is 0 Å². The monoisotopic (exact) mass is 323 g/mol. The first-order valence-electron chi connectivity index (χ1n) is 8.14. The molecule has 0 atom stereocenters. The van der Waals surface area contributed by atoms with Gasteiger partial charge in [-0.1, -0.05) is 54.6 Å². The van der Waals surface area contributed by atoms with Gasteiger partial charge in [0, 0.05) is 10.9 Å². The molecule has 0 bridgehead atoms. The number of imide groups is 1. The van der Waals surface area contributed by atoms with Crippen LogP contribution in [-0.2, 0) is 0 Å². The number of para-hydroxylation sites is 1. The fourth-order valence-corrected chi connectivity index (χ4v) is 3.66. The third kappa shape index (κ3) is 1.86. The molecule has 1 aliphatic heterocycles. The average molecular weight is 323 g/mol. The van der Waals surface area contributed by atoms with E-state index in [-0.39, 0.29) is 11.8 Å². The molecule has 0 spiro atoms. The van der Waals surface area contributed by atoms with Gasteiger partial charge in [-0.05, 0) is 40.4 Å². The lowest BCUT2D eigenvalue weighted by molar-refractivity contribution is 0.0894. The van der Waals surface area contributed by atoms with Gasteiger partial charge in [-0.25, -0.2) is 4.90 Å². The van der Waals surface area contributed by atoms with Gasteiger partial charge in [0.25, 0.3) is 11.8 Å². The van der Waals surface area contributed by atoms with E-state index in [0.717, 1.165) is 21.5 Å². The number of hydrogen-bond acceptors (Lipinski definition) is 2. The number of carbonyl (C=O) groups is 2. The topological polar surface area (TPSA) is 37.4 Å². The van der Waals surface area contributed by atoms with Gasteiger partial charge in [0.2, 0.25) is 0 Å². The van der Waals surface area contributed by atoms with Crippen molar-refractivity contribution in [2.75, 3.05) is 4.90 Å². The quantitative estimate of drug-likeness (QED) is 0.373. The highest BCUT2D eigenvalue weighted by molar-refractivity contribution is 6.39. The molecule has 0 aliphatic carbocycles. The Bertz CT molecular complexity index is 1180. The maximum absolute atomic E-state index is 13.3. The maximum Gasteiger partial charge on any atom is 0.266 e. The standard InChI is InChI=1S/C22H13NO2/c24-21-18-12-6-8-15-13-14-7-4-5-11-17(14)20(19(15)18)22(25)23(21)16-9-2-1-3-10-16/h1-13H. The van der Waals surface area contributed by atoms with Crippen LogP contribution >= 0.6 is 0 Å². The molecule has 0 fully saturated rings. The van der Waals surface area contributed by atoms with E-state index in [0.29, 0.717) is 16.8 Å². The van der Waals surface area contributed by atoms with Crippen LogP contribution in [0.5, 0.6) is 0 Å². The molecule has 4 aromatic rings. The number of amides is 2. The van der Waals surface area contributed by atoms with Crippen molar-refractivity contribution in [1.82, 2.24) is 0 Å². The van der Waals surface area contributed by atoms with Gasteiger partial charge in [0.15, 0.2) is 0 Å². The lowest BCUT2D eigenvalue weighted by Gasteiger charge is -2.28. The minimum Gasteiger partial charge on any atom is -0.268 e. The Labute approximate surface area is 144 Å². The van der Waals surface area contributed by atoms with Crippen molar-refractivity contribution in [3.05, 3.63) is 90.0 Å². The molecule has 118 valence electrons. The number of benzene rings is 4. The van der Waals surface area contributed by atoms with Crippen LogP contribution in [0.4, 0.5) is 5.69 Å². The number of fused-ring (bicyclic) bond motifs is 2. The Hall–Kier alpha value is -3.46. The van der Waals surface area contributed by atoms with E-state index >= 15 is 0 Å². The number of carbonyl (C=O) groups excluding carboxylic acids is 2. The average Bonchev–Trinajstić information content (AvgIpc) is 2.65. The fraction of sp³-hybridized carbons (Fsp3) is 0. The molecule has 0 aromatic heterocycles. The first kappa shape index (κ1) is 13.9. The molecule has 0 saturated heterocycles. The zero-order chi connectivity index (χ0) is 17.0. The molecule has 0 N–H and O–H groups in total. The van der Waals surface area contributed by atoms with Crippen molar-refractivity contribution in [1.29, 1.82) is 0 Å². The van der Waals surface area contributed by atoms with Crippen molar-refractivity contribution >= 4 is 39.0 Å². The zero-order valence-electron chi connectivity index (χ0n) is 13.3. The molecular formula is C22H13NO2. The Balaban J connectivity index is 1.92. The minimum atomic E-state index is -0.274. The van der Waals surface area contributed by atoms with E-state index in [2.05, 4.69) is 0 Å². The highest BCUT2D eigenvalue weighted by Crippen LogP contribution is 2.37. The minimum absolute atomic E-state index is 0.267. The van der Waals surface area contributed by atoms with E-state index in [9.17, 15) is 9.59 Å². The Kier molecular flexibility index (Phi) is 2.80. The molecule has 0 radical (unpaired) electrons. The molecular weight excluding hydrogens is 310 g/mol. The second-order valence-electron chi connectivity index (χ2n) is 6.16. The first-order valence-corrected chi connectivity index (χ1v) is 8.14. The molecule has 0 unspecified atom stereocenters. The highest BCUT2D eigenvalue weighted by atomic mass is 16.2. The third-order valence-electron chi connectivity index (χ3n) is 4.75. The van der Waals surface area contributed by atoms with Crippen LogP contribution in [0.15, 0.2) is 78.9 Å². The van der Waals surface area contributed by atoms with Crippen LogP contribution in [0.2, 0.25) is 0 Å². The predicted octanol–water partition coefficient (Wildman–Crippen LogP) is 4.79. The summed E-state index contributed by atoms with van der Waals surface area (Å²) in [6.45, 7) is 0. The third-order valence-corrected chi connectivity index (χ3v) is 4.75. The van der Waals surface area contributed by atoms with Crippen LogP contribution in [-0.4, -0.2) is 11.8 Å². The van der Waals surface area contributed by atoms with Gasteiger partial charge in [-0.2, -0.15) is 0 Å². The summed E-state index contributed by atoms with van der Waals surface area (Å²) in [6, 6.07) is 24.6. The summed E-state index contributed by atoms with van der Waals surface area (Å²) in [5.41, 5.74) is 1.77. The van der Waals surface area contributed by atoms with Gasteiger partial charge in [0.05, 0.1) is 11.3 Å². The van der Waals surface area contributed by atoms with E-state index in [4.69, 9.17) is 0 Å². The maximum atomic E-state index is 13.3. The van der Waals surface area contributed by atoms with Crippen molar-refractivity contribution in [2.24, 2.45) is 0 Å². The lowest BCUT2D eigenvalue weighted by Crippen LogP contribution is -2.40. The number of rotatable bonds is 1. The van der Waals surface area contributed by atoms with Crippen molar-refractivity contribution in [2.45, 2.75) is 0 Å². The van der Waals surface area contributed by atoms with Crippen LogP contribution < -0.4 is 4.90 Å². The fourth-order valence-electron chi connectivity index (χ4n) is 3.66. The van der Waals surface area contributed by atoms with Gasteiger partial charge >= 0.3 is 0 Å². The summed E-state index contributed by atoms with van der Waals surface area (Å²) in [5, 5.41) is 3.54. The molecule has 5 rings (SSSR count). The largest absolute Gasteiger partial charge is 0.268 e. The van der Waals surface area contributed by atoms with Crippen LogP contribution in [0.1, 0.15) is 20.7 Å². The summed E-state index contributed by atoms with van der Waals surface area (Å²) in [6.07, 6.45) is 0. The van der Waals surface area contributed by atoms with Crippen LogP contribution in [0.3, 0.4) is 0 Å². The summed E-state index contributed by atoms with van der Waals surface area (Å²) < 4.78 is 0. The van der Waals surface area contributed by atoms with Crippen molar-refractivity contribution in [3.8, 4) is 0 Å². The molecule has 1 heterocycles. The highest BCUT2D eigenvalue weighted by Gasteiger charge is 2.35. The number of anilines is 1. The predicted molar refractivity (Wildman–Crippen MR) is 99.0 cm³/mol. The normalized spacial score (nSPS) is 13.7. The van der Waals surface area contributed by atoms with Gasteiger partial charge in [-0.15, -0.1) is 0 Å². The Morgan fingerprint density at radius 2 is 1.36 bits per heavy atom. The summed E-state index contributed by atoms with van der Waals surface area (Å²) >= 11 is 0. The summed E-state index contributed by atoms with van der Waals surface area (Å²) in [7, 11) is 0. The summed E-state index contributed by atoms with van der Waals surface area (Å²) in [4.78, 5) is 27.7. The molecule has 0 saturated carbocycles. The van der Waals surface area contributed by atoms with Gasteiger partial charge < -0.3 is 0 Å². The molecule has 1 aliphatic rings. The van der Waals surface area contributed by atoms with Crippen LogP contribution in [0, 0.1) is 0 Å². The Morgan fingerprint density at radius 3 is 2.20 bits per heavy atom. The molecule has 4 aromatic carbocycles. The number of hydrogen-bond donors (Lipinski definition) is 0. The second kappa shape index (κ2) is 5.02. The molecule has 2 amide bonds. The second-order valence-corrected chi connectivity index (χ2v) is 6.16. The SMILES string of the molecule is O=C1c2cccc3cc4ccccc4c(c23)C(=O)N1c1ccccc1. The van der Waals surface area contributed by atoms with Gasteiger partial charge in [0.1, 0.15) is 0 Å². The van der Waals surface area contributed by atoms with E-state index < -0.39 is 0 Å². The molecule has 3 nitrogen and oxygen atoms in total.